The Kier molecular flexibility index (Phi) is 6.08. The Bertz CT molecular complexity index is 1930. The number of fused-ring (bicyclic) bond motifs is 4. The molecule has 0 radical (unpaired) electrons. The van der Waals surface area contributed by atoms with E-state index in [4.69, 9.17) is 4.98 Å². The zero-order chi connectivity index (χ0) is 30.2. The molecule has 43 heavy (non-hydrogen) atoms. The molecule has 3 aromatic carbocycles. The first-order valence-electron chi connectivity index (χ1n) is 13.9. The molecule has 0 atom stereocenters. The van der Waals surface area contributed by atoms with E-state index in [1.54, 1.807) is 0 Å². The van der Waals surface area contributed by atoms with E-state index in [0.717, 1.165) is 50.9 Å². The van der Waals surface area contributed by atoms with Gasteiger partial charge in [0.15, 0.2) is 23.2 Å². The molecule has 7 rings (SSSR count). The summed E-state index contributed by atoms with van der Waals surface area (Å²) in [5.41, 5.74) is 7.66. The molecule has 7 heteroatoms. The van der Waals surface area contributed by atoms with Crippen molar-refractivity contribution in [2.24, 2.45) is 0 Å². The fraction of sp³-hybridized carbons (Fsp3) is 0.139. The van der Waals surface area contributed by atoms with Crippen molar-refractivity contribution in [1.29, 1.82) is 0 Å². The highest BCUT2D eigenvalue weighted by atomic mass is 32.1. The maximum atomic E-state index is 13.8. The Morgan fingerprint density at radius 1 is 0.744 bits per heavy atom. The summed E-state index contributed by atoms with van der Waals surface area (Å²) in [5.74, 6) is -3.49. The number of pyridine rings is 1. The average molecular weight is 589 g/mol. The van der Waals surface area contributed by atoms with Crippen molar-refractivity contribution in [3.05, 3.63) is 134 Å². The van der Waals surface area contributed by atoms with Gasteiger partial charge in [-0.15, -0.1) is 11.3 Å². The molecule has 0 spiro atoms. The zero-order valence-electron chi connectivity index (χ0n) is 24.0. The Morgan fingerprint density at radius 3 is 1.81 bits per heavy atom. The molecule has 0 aliphatic heterocycles. The minimum Gasteiger partial charge on any atom is -0.309 e. The number of benzene rings is 3. The van der Waals surface area contributed by atoms with Crippen molar-refractivity contribution in [3.63, 3.8) is 0 Å². The van der Waals surface area contributed by atoms with Crippen LogP contribution in [0.3, 0.4) is 0 Å². The van der Waals surface area contributed by atoms with E-state index in [1.165, 1.54) is 28.5 Å². The molecule has 2 heterocycles. The van der Waals surface area contributed by atoms with E-state index < -0.39 is 28.6 Å². The number of ketones is 2. The van der Waals surface area contributed by atoms with E-state index in [-0.39, 0.29) is 16.7 Å². The molecule has 2 aliphatic rings. The minimum absolute atomic E-state index is 0.0897. The molecule has 5 aromatic rings. The Hall–Kier alpha value is -4.75. The summed E-state index contributed by atoms with van der Waals surface area (Å²) in [6.45, 7) is 8.42. The highest BCUT2D eigenvalue weighted by Gasteiger charge is 2.40. The number of aryl methyl sites for hydroxylation is 2. The molecule has 0 N–H and O–H groups in total. The number of nitrogens with zero attached hydrogens (tertiary/aromatic N) is 2. The van der Waals surface area contributed by atoms with Gasteiger partial charge in [0.2, 0.25) is 0 Å². The standard InChI is InChI=1S/C36H26F2N2O2S/c1-19-5-9-21(10-6-19)40(22-11-7-20(2)8-12-22)23-13-28-32(39-18-23)35-29(36(28,3)4)15-24(43-35)14-27-33(41)25-16-30(37)31(38)17-26(25)34(27)42/h5-18H,1-4H3. The maximum absolute atomic E-state index is 13.8. The first kappa shape index (κ1) is 27.1. The summed E-state index contributed by atoms with van der Waals surface area (Å²) in [6, 6.07) is 22.6. The van der Waals surface area contributed by atoms with Crippen molar-refractivity contribution < 1.29 is 18.4 Å². The van der Waals surface area contributed by atoms with Gasteiger partial charge in [-0.05, 0) is 79.6 Å². The summed E-state index contributed by atoms with van der Waals surface area (Å²) < 4.78 is 27.6. The third-order valence-corrected chi connectivity index (χ3v) is 9.44. The number of halogens is 2. The number of thiophene rings is 1. The predicted octanol–water partition coefficient (Wildman–Crippen LogP) is 9.28. The van der Waals surface area contributed by atoms with Crippen molar-refractivity contribution in [2.75, 3.05) is 4.90 Å². The molecule has 0 saturated heterocycles. The van der Waals surface area contributed by atoms with Crippen LogP contribution < -0.4 is 4.90 Å². The highest BCUT2D eigenvalue weighted by molar-refractivity contribution is 7.16. The van der Waals surface area contributed by atoms with Gasteiger partial charge in [0.25, 0.3) is 0 Å². The van der Waals surface area contributed by atoms with E-state index in [0.29, 0.717) is 4.88 Å². The third kappa shape index (κ3) is 4.26. The van der Waals surface area contributed by atoms with Crippen LogP contribution in [0, 0.1) is 25.5 Å². The molecule has 2 aromatic heterocycles. The summed E-state index contributed by atoms with van der Waals surface area (Å²) in [7, 11) is 0. The van der Waals surface area contributed by atoms with Crippen molar-refractivity contribution in [2.45, 2.75) is 33.1 Å². The summed E-state index contributed by atoms with van der Waals surface area (Å²) in [6.07, 6.45) is 3.41. The van der Waals surface area contributed by atoms with Gasteiger partial charge in [0.1, 0.15) is 0 Å². The number of carbonyl (C=O) groups is 2. The van der Waals surface area contributed by atoms with Crippen molar-refractivity contribution >= 4 is 46.0 Å². The molecule has 2 aliphatic carbocycles. The fourth-order valence-electron chi connectivity index (χ4n) is 5.92. The fourth-order valence-corrected chi connectivity index (χ4v) is 7.20. The largest absolute Gasteiger partial charge is 0.309 e. The topological polar surface area (TPSA) is 50.3 Å². The normalized spacial score (nSPS) is 14.5. The number of hydrogen-bond acceptors (Lipinski definition) is 5. The number of hydrogen-bond donors (Lipinski definition) is 0. The molecular weight excluding hydrogens is 562 g/mol. The van der Waals surface area contributed by atoms with E-state index in [2.05, 4.69) is 87.2 Å². The lowest BCUT2D eigenvalue weighted by atomic mass is 9.83. The van der Waals surface area contributed by atoms with Crippen molar-refractivity contribution in [1.82, 2.24) is 4.98 Å². The smallest absolute Gasteiger partial charge is 0.197 e. The maximum Gasteiger partial charge on any atom is 0.197 e. The van der Waals surface area contributed by atoms with Gasteiger partial charge in [-0.2, -0.15) is 0 Å². The SMILES string of the molecule is Cc1ccc(N(c2ccc(C)cc2)c2cnc3c(c2)C(C)(C)c2cc(C=C4C(=O)c5cc(F)c(F)cc5C4=O)sc2-3)cc1. The Balaban J connectivity index is 1.29. The minimum atomic E-state index is -1.15. The van der Waals surface area contributed by atoms with Gasteiger partial charge in [-0.25, -0.2) is 8.78 Å². The second-order valence-electron chi connectivity index (χ2n) is 11.6. The average Bonchev–Trinajstić information content (AvgIpc) is 3.57. The monoisotopic (exact) mass is 588 g/mol. The molecule has 212 valence electrons. The molecular formula is C36H26F2N2O2S. The second kappa shape index (κ2) is 9.64. The lowest BCUT2D eigenvalue weighted by Crippen LogP contribution is -2.17. The highest BCUT2D eigenvalue weighted by Crippen LogP contribution is 2.53. The summed E-state index contributed by atoms with van der Waals surface area (Å²) in [4.78, 5) is 34.8. The first-order chi connectivity index (χ1) is 20.5. The Labute approximate surface area is 252 Å². The number of aromatic nitrogens is 1. The number of carbonyl (C=O) groups excluding carboxylic acids is 2. The predicted molar refractivity (Wildman–Crippen MR) is 167 cm³/mol. The van der Waals surface area contributed by atoms with Gasteiger partial charge in [-0.1, -0.05) is 49.2 Å². The summed E-state index contributed by atoms with van der Waals surface area (Å²) in [5, 5.41) is 0. The van der Waals surface area contributed by atoms with Crippen LogP contribution >= 0.6 is 11.3 Å². The van der Waals surface area contributed by atoms with Gasteiger partial charge in [-0.3, -0.25) is 14.6 Å². The molecule has 4 nitrogen and oxygen atoms in total. The van der Waals surface area contributed by atoms with Crippen LogP contribution in [0.5, 0.6) is 0 Å². The number of Topliss-reactive ketones (excluding diaryl/α,β-unsaturated/α-hetero) is 2. The van der Waals surface area contributed by atoms with Crippen LogP contribution in [-0.2, 0) is 5.41 Å². The van der Waals surface area contributed by atoms with Crippen LogP contribution in [0.1, 0.15) is 61.7 Å². The molecule has 0 fully saturated rings. The Morgan fingerprint density at radius 2 is 1.28 bits per heavy atom. The van der Waals surface area contributed by atoms with E-state index in [9.17, 15) is 18.4 Å². The number of anilines is 3. The second-order valence-corrected chi connectivity index (χ2v) is 12.7. The lowest BCUT2D eigenvalue weighted by Gasteiger charge is -2.27. The van der Waals surface area contributed by atoms with Crippen LogP contribution in [0.4, 0.5) is 25.8 Å². The third-order valence-electron chi connectivity index (χ3n) is 8.35. The number of rotatable bonds is 4. The van der Waals surface area contributed by atoms with Crippen LogP contribution in [0.25, 0.3) is 16.6 Å². The summed E-state index contributed by atoms with van der Waals surface area (Å²) >= 11 is 1.45. The van der Waals surface area contributed by atoms with Crippen LogP contribution in [-0.4, -0.2) is 16.6 Å². The zero-order valence-corrected chi connectivity index (χ0v) is 24.8. The quantitative estimate of drug-likeness (QED) is 0.155. The molecule has 0 amide bonds. The molecule has 0 unspecified atom stereocenters. The van der Waals surface area contributed by atoms with E-state index in [1.807, 2.05) is 12.3 Å². The van der Waals surface area contributed by atoms with E-state index >= 15 is 0 Å². The number of allylic oxidation sites excluding steroid dienone is 1. The van der Waals surface area contributed by atoms with Gasteiger partial charge >= 0.3 is 0 Å². The lowest BCUT2D eigenvalue weighted by molar-refractivity contribution is 0.0990. The molecule has 0 saturated carbocycles. The van der Waals surface area contributed by atoms with Crippen LogP contribution in [0.15, 0.2) is 84.6 Å². The molecule has 0 bridgehead atoms. The van der Waals surface area contributed by atoms with Crippen molar-refractivity contribution in [3.8, 4) is 10.6 Å². The van der Waals surface area contributed by atoms with Gasteiger partial charge < -0.3 is 4.90 Å². The van der Waals surface area contributed by atoms with Crippen LogP contribution in [0.2, 0.25) is 0 Å². The van der Waals surface area contributed by atoms with Gasteiger partial charge in [0, 0.05) is 32.8 Å². The first-order valence-corrected chi connectivity index (χ1v) is 14.7. The van der Waals surface area contributed by atoms with Gasteiger partial charge in [0.05, 0.1) is 28.0 Å².